The van der Waals surface area contributed by atoms with E-state index in [-0.39, 0.29) is 5.78 Å². The first kappa shape index (κ1) is 12.0. The van der Waals surface area contributed by atoms with Crippen LogP contribution in [0.25, 0.3) is 5.53 Å². The molecule has 0 bridgehead atoms. The minimum atomic E-state index is -0.409. The first-order valence-corrected chi connectivity index (χ1v) is 6.36. The van der Waals surface area contributed by atoms with E-state index >= 15 is 0 Å². The van der Waals surface area contributed by atoms with Gasteiger partial charge in [-0.3, -0.25) is 4.79 Å². The summed E-state index contributed by atoms with van der Waals surface area (Å²) >= 11 is 1.38. The van der Waals surface area contributed by atoms with E-state index in [4.69, 9.17) is 5.53 Å². The second-order valence-electron chi connectivity index (χ2n) is 4.06. The third-order valence-corrected chi connectivity index (χ3v) is 4.03. The summed E-state index contributed by atoms with van der Waals surface area (Å²) in [6.45, 7) is 5.67. The number of carbonyl (C=O) groups is 1. The summed E-state index contributed by atoms with van der Waals surface area (Å²) < 4.78 is 0. The molecule has 4 nitrogen and oxygen atoms in total. The van der Waals surface area contributed by atoms with Gasteiger partial charge < -0.3 is 5.53 Å². The molecule has 2 rings (SSSR count). The van der Waals surface area contributed by atoms with Crippen LogP contribution < -0.4 is 0 Å². The Kier molecular flexibility index (Phi) is 3.13. The third-order valence-electron chi connectivity index (χ3n) is 2.79. The molecule has 1 unspecified atom stereocenters. The van der Waals surface area contributed by atoms with Crippen molar-refractivity contribution in [3.63, 3.8) is 0 Å². The van der Waals surface area contributed by atoms with Crippen LogP contribution in [0.2, 0.25) is 0 Å². The number of thioether (sulfide) groups is 1. The molecule has 88 valence electrons. The number of aromatic nitrogens is 1. The van der Waals surface area contributed by atoms with Crippen molar-refractivity contribution in [3.8, 4) is 0 Å². The van der Waals surface area contributed by atoms with Gasteiger partial charge in [0.15, 0.2) is 11.0 Å². The van der Waals surface area contributed by atoms with Gasteiger partial charge in [-0.15, -0.1) is 0 Å². The molecule has 0 N–H and O–H groups in total. The van der Waals surface area contributed by atoms with Crippen molar-refractivity contribution in [1.82, 2.24) is 4.98 Å². The molecule has 17 heavy (non-hydrogen) atoms. The number of hydrogen-bond donors (Lipinski definition) is 0. The monoisotopic (exact) mass is 247 g/mol. The SMILES string of the molecule is CCC(=O)C1Sc2nc(C)cc(C)c2C1=[N+]=[N-]. The molecule has 0 radical (unpaired) electrons. The fraction of sp³-hybridized carbons (Fsp3) is 0.417. The summed E-state index contributed by atoms with van der Waals surface area (Å²) in [4.78, 5) is 19.5. The van der Waals surface area contributed by atoms with Gasteiger partial charge in [-0.2, -0.15) is 4.79 Å². The maximum absolute atomic E-state index is 11.8. The van der Waals surface area contributed by atoms with Crippen molar-refractivity contribution in [2.45, 2.75) is 37.5 Å². The Morgan fingerprint density at radius 2 is 2.29 bits per heavy atom. The minimum absolute atomic E-state index is 0.0675. The molecular formula is C12H13N3OS. The standard InChI is InChI=1S/C12H13N3OS/c1-4-8(16)11-10(15-13)9-6(2)5-7(3)14-12(9)17-11/h5,11H,4H2,1-3H3. The predicted octanol–water partition coefficient (Wildman–Crippen LogP) is 2.17. The van der Waals surface area contributed by atoms with E-state index in [0.29, 0.717) is 12.1 Å². The zero-order chi connectivity index (χ0) is 12.6. The van der Waals surface area contributed by atoms with Gasteiger partial charge in [0.25, 0.3) is 0 Å². The van der Waals surface area contributed by atoms with Gasteiger partial charge in [-0.1, -0.05) is 18.7 Å². The number of carbonyl (C=O) groups excluding carboxylic acids is 1. The van der Waals surface area contributed by atoms with Crippen LogP contribution in [-0.2, 0) is 4.79 Å². The van der Waals surface area contributed by atoms with Crippen molar-refractivity contribution in [2.75, 3.05) is 0 Å². The van der Waals surface area contributed by atoms with Gasteiger partial charge in [0.05, 0.1) is 5.56 Å². The van der Waals surface area contributed by atoms with Crippen LogP contribution in [0.1, 0.15) is 30.2 Å². The van der Waals surface area contributed by atoms with Gasteiger partial charge in [0, 0.05) is 12.1 Å². The predicted molar refractivity (Wildman–Crippen MR) is 66.4 cm³/mol. The lowest BCUT2D eigenvalue weighted by Crippen LogP contribution is -2.24. The molecule has 1 aliphatic heterocycles. The molecule has 0 saturated carbocycles. The number of aryl methyl sites for hydroxylation is 2. The van der Waals surface area contributed by atoms with Crippen LogP contribution in [0.3, 0.4) is 0 Å². The number of Topliss-reactive ketones (excluding diaryl/α,β-unsaturated/α-hetero) is 1. The van der Waals surface area contributed by atoms with Crippen molar-refractivity contribution in [2.24, 2.45) is 0 Å². The van der Waals surface area contributed by atoms with Crippen LogP contribution in [0.4, 0.5) is 0 Å². The van der Waals surface area contributed by atoms with Gasteiger partial charge >= 0.3 is 5.71 Å². The van der Waals surface area contributed by atoms with E-state index in [0.717, 1.165) is 21.8 Å². The Bertz CT molecular complexity index is 547. The maximum Gasteiger partial charge on any atom is 0.322 e. The molecule has 2 heterocycles. The number of ketones is 1. The molecular weight excluding hydrogens is 234 g/mol. The first-order chi connectivity index (χ1) is 8.08. The lowest BCUT2D eigenvalue weighted by molar-refractivity contribution is -0.117. The smallest absolute Gasteiger partial charge is 0.322 e. The molecule has 1 aromatic heterocycles. The number of fused-ring (bicyclic) bond motifs is 1. The maximum atomic E-state index is 11.8. The minimum Gasteiger partial charge on any atom is -0.361 e. The van der Waals surface area contributed by atoms with Crippen molar-refractivity contribution in [3.05, 3.63) is 28.4 Å². The number of rotatable bonds is 2. The van der Waals surface area contributed by atoms with Gasteiger partial charge in [-0.25, -0.2) is 4.98 Å². The molecule has 0 fully saturated rings. The highest BCUT2D eigenvalue weighted by Crippen LogP contribution is 2.38. The molecule has 1 aliphatic rings. The largest absolute Gasteiger partial charge is 0.361 e. The van der Waals surface area contributed by atoms with Gasteiger partial charge in [-0.05, 0) is 25.5 Å². The van der Waals surface area contributed by atoms with E-state index < -0.39 is 5.25 Å². The molecule has 1 aromatic rings. The fourth-order valence-corrected chi connectivity index (χ4v) is 3.38. The van der Waals surface area contributed by atoms with Crippen molar-refractivity contribution >= 4 is 23.3 Å². The molecule has 0 aliphatic carbocycles. The Morgan fingerprint density at radius 3 is 2.88 bits per heavy atom. The summed E-state index contributed by atoms with van der Waals surface area (Å²) in [5.74, 6) is 0.0675. The van der Waals surface area contributed by atoms with Gasteiger partial charge in [0.2, 0.25) is 0 Å². The zero-order valence-corrected chi connectivity index (χ0v) is 10.8. The Hall–Kier alpha value is -1.45. The highest BCUT2D eigenvalue weighted by molar-refractivity contribution is 8.02. The van der Waals surface area contributed by atoms with E-state index in [9.17, 15) is 4.79 Å². The quantitative estimate of drug-likeness (QED) is 0.594. The second-order valence-corrected chi connectivity index (χ2v) is 5.16. The average Bonchev–Trinajstić information content (AvgIpc) is 2.66. The van der Waals surface area contributed by atoms with Crippen LogP contribution in [-0.4, -0.2) is 26.5 Å². The van der Waals surface area contributed by atoms with Gasteiger partial charge in [0.1, 0.15) is 5.03 Å². The van der Waals surface area contributed by atoms with Crippen LogP contribution >= 0.6 is 11.8 Å². The van der Waals surface area contributed by atoms with E-state index in [2.05, 4.69) is 9.77 Å². The van der Waals surface area contributed by atoms with E-state index in [1.54, 1.807) is 0 Å². The Balaban J connectivity index is 2.57. The summed E-state index contributed by atoms with van der Waals surface area (Å²) in [7, 11) is 0. The Morgan fingerprint density at radius 1 is 1.59 bits per heavy atom. The summed E-state index contributed by atoms with van der Waals surface area (Å²) in [5.41, 5.74) is 12.3. The van der Waals surface area contributed by atoms with Crippen molar-refractivity contribution in [1.29, 1.82) is 0 Å². The highest BCUT2D eigenvalue weighted by atomic mass is 32.2. The first-order valence-electron chi connectivity index (χ1n) is 5.48. The Labute approximate surface area is 104 Å². The topological polar surface area (TPSA) is 66.4 Å². The number of pyridine rings is 1. The van der Waals surface area contributed by atoms with Crippen LogP contribution in [0.5, 0.6) is 0 Å². The summed E-state index contributed by atoms with van der Waals surface area (Å²) in [6.07, 6.45) is 0.433. The number of nitrogens with zero attached hydrogens (tertiary/aromatic N) is 3. The molecule has 0 spiro atoms. The molecule has 0 saturated heterocycles. The van der Waals surface area contributed by atoms with Crippen LogP contribution in [0.15, 0.2) is 11.1 Å². The normalized spacial score (nSPS) is 17.8. The van der Waals surface area contributed by atoms with E-state index in [1.807, 2.05) is 26.8 Å². The lowest BCUT2D eigenvalue weighted by atomic mass is 10.0. The zero-order valence-electron chi connectivity index (χ0n) is 10.0. The summed E-state index contributed by atoms with van der Waals surface area (Å²) in [6, 6.07) is 1.93. The van der Waals surface area contributed by atoms with Crippen molar-refractivity contribution < 1.29 is 9.58 Å². The third kappa shape index (κ3) is 1.92. The second kappa shape index (κ2) is 4.43. The number of hydrogen-bond acceptors (Lipinski definition) is 3. The fourth-order valence-electron chi connectivity index (χ4n) is 2.00. The molecule has 1 atom stereocenters. The molecule has 0 aromatic carbocycles. The van der Waals surface area contributed by atoms with E-state index in [1.165, 1.54) is 11.8 Å². The summed E-state index contributed by atoms with van der Waals surface area (Å²) in [5, 5.41) is 0.384. The lowest BCUT2D eigenvalue weighted by Gasteiger charge is -2.00. The highest BCUT2D eigenvalue weighted by Gasteiger charge is 2.42. The molecule has 5 heteroatoms. The molecule has 0 amide bonds. The van der Waals surface area contributed by atoms with Crippen LogP contribution in [0, 0.1) is 13.8 Å². The average molecular weight is 247 g/mol.